The summed E-state index contributed by atoms with van der Waals surface area (Å²) in [4.78, 5) is 15.4. The molecule has 1 aliphatic rings. The number of nitrogens with two attached hydrogens (primary N) is 1. The molecule has 1 amide bonds. The highest BCUT2D eigenvalue weighted by Gasteiger charge is 2.31. The average molecular weight is 495 g/mol. The normalized spacial score (nSPS) is 16.4. The molecule has 1 unspecified atom stereocenters. The Balaban J connectivity index is 1.64. The molecule has 4 N–H and O–H groups in total. The van der Waals surface area contributed by atoms with Crippen LogP contribution in [0.3, 0.4) is 0 Å². The SMILES string of the molecule is CC1CCN(C(=O)C(Cc2cccc(/C(N)=N/O)c2)NS(=O)(=O)c2ccc3ccccc3c2)CC1. The Morgan fingerprint density at radius 3 is 2.51 bits per heavy atom. The first-order valence-corrected chi connectivity index (χ1v) is 13.1. The zero-order valence-corrected chi connectivity index (χ0v) is 20.4. The number of hydrogen-bond acceptors (Lipinski definition) is 5. The van der Waals surface area contributed by atoms with E-state index in [1.54, 1.807) is 47.4 Å². The number of sulfonamides is 1. The number of amides is 1. The number of nitrogens with one attached hydrogen (secondary N) is 1. The maximum atomic E-state index is 13.5. The molecule has 0 aliphatic carbocycles. The van der Waals surface area contributed by atoms with Crippen LogP contribution in [-0.2, 0) is 21.2 Å². The molecule has 9 heteroatoms. The number of hydrogen-bond donors (Lipinski definition) is 3. The Hall–Kier alpha value is -3.43. The number of oxime groups is 1. The molecule has 1 saturated heterocycles. The molecule has 0 saturated carbocycles. The van der Waals surface area contributed by atoms with Crippen LogP contribution in [0.25, 0.3) is 10.8 Å². The Kier molecular flexibility index (Phi) is 7.37. The summed E-state index contributed by atoms with van der Waals surface area (Å²) in [7, 11) is -3.98. The molecule has 0 aromatic heterocycles. The van der Waals surface area contributed by atoms with Gasteiger partial charge in [-0.1, -0.05) is 60.6 Å². The van der Waals surface area contributed by atoms with E-state index < -0.39 is 16.1 Å². The van der Waals surface area contributed by atoms with Crippen LogP contribution in [0, 0.1) is 5.92 Å². The van der Waals surface area contributed by atoms with Crippen LogP contribution in [0.5, 0.6) is 0 Å². The molecule has 1 atom stereocenters. The van der Waals surface area contributed by atoms with E-state index in [9.17, 15) is 13.2 Å². The van der Waals surface area contributed by atoms with Gasteiger partial charge in [-0.05, 0) is 59.7 Å². The molecule has 184 valence electrons. The highest BCUT2D eigenvalue weighted by Crippen LogP contribution is 2.21. The summed E-state index contributed by atoms with van der Waals surface area (Å²) in [5.74, 6) is 0.219. The summed E-state index contributed by atoms with van der Waals surface area (Å²) in [5.41, 5.74) is 6.90. The van der Waals surface area contributed by atoms with Gasteiger partial charge < -0.3 is 15.8 Å². The predicted molar refractivity (Wildman–Crippen MR) is 136 cm³/mol. The van der Waals surface area contributed by atoms with E-state index in [1.165, 1.54) is 0 Å². The van der Waals surface area contributed by atoms with Crippen molar-refractivity contribution >= 4 is 32.5 Å². The first-order valence-electron chi connectivity index (χ1n) is 11.6. The lowest BCUT2D eigenvalue weighted by Gasteiger charge is -2.33. The van der Waals surface area contributed by atoms with Crippen LogP contribution in [0.4, 0.5) is 0 Å². The van der Waals surface area contributed by atoms with E-state index >= 15 is 0 Å². The number of piperidine rings is 1. The molecular weight excluding hydrogens is 464 g/mol. The van der Waals surface area contributed by atoms with Crippen molar-refractivity contribution in [3.63, 3.8) is 0 Å². The third kappa shape index (κ3) is 5.80. The summed E-state index contributed by atoms with van der Waals surface area (Å²) in [6, 6.07) is 18.3. The predicted octanol–water partition coefficient (Wildman–Crippen LogP) is 3.08. The second kappa shape index (κ2) is 10.5. The smallest absolute Gasteiger partial charge is 0.241 e. The van der Waals surface area contributed by atoms with Gasteiger partial charge in [0.05, 0.1) is 4.90 Å². The van der Waals surface area contributed by atoms with Crippen LogP contribution < -0.4 is 10.5 Å². The number of carbonyl (C=O) groups excluding carboxylic acids is 1. The van der Waals surface area contributed by atoms with Crippen LogP contribution >= 0.6 is 0 Å². The molecule has 0 bridgehead atoms. The molecule has 1 heterocycles. The van der Waals surface area contributed by atoms with Crippen molar-refractivity contribution in [1.82, 2.24) is 9.62 Å². The fourth-order valence-corrected chi connectivity index (χ4v) is 5.59. The van der Waals surface area contributed by atoms with Gasteiger partial charge >= 0.3 is 0 Å². The molecule has 1 aliphatic heterocycles. The van der Waals surface area contributed by atoms with Crippen LogP contribution in [0.1, 0.15) is 30.9 Å². The Morgan fingerprint density at radius 2 is 1.80 bits per heavy atom. The molecule has 0 spiro atoms. The number of nitrogens with zero attached hydrogens (tertiary/aromatic N) is 2. The molecule has 3 aromatic rings. The quantitative estimate of drug-likeness (QED) is 0.201. The molecule has 1 fully saturated rings. The number of amidine groups is 1. The Morgan fingerprint density at radius 1 is 1.09 bits per heavy atom. The summed E-state index contributed by atoms with van der Waals surface area (Å²) in [6.07, 6.45) is 1.90. The van der Waals surface area contributed by atoms with Crippen LogP contribution in [-0.4, -0.2) is 49.4 Å². The minimum Gasteiger partial charge on any atom is -0.409 e. The molecular formula is C26H30N4O4S. The summed E-state index contributed by atoms with van der Waals surface area (Å²) in [5, 5.41) is 13.8. The first kappa shape index (κ1) is 24.7. The average Bonchev–Trinajstić information content (AvgIpc) is 2.87. The fraction of sp³-hybridized carbons (Fsp3) is 0.308. The maximum absolute atomic E-state index is 13.5. The molecule has 8 nitrogen and oxygen atoms in total. The van der Waals surface area contributed by atoms with Gasteiger partial charge in [-0.3, -0.25) is 4.79 Å². The van der Waals surface area contributed by atoms with Crippen molar-refractivity contribution in [2.45, 2.75) is 37.1 Å². The molecule has 0 radical (unpaired) electrons. The van der Waals surface area contributed by atoms with E-state index in [4.69, 9.17) is 10.9 Å². The highest BCUT2D eigenvalue weighted by molar-refractivity contribution is 7.89. The van der Waals surface area contributed by atoms with E-state index in [1.807, 2.05) is 24.3 Å². The van der Waals surface area contributed by atoms with Crippen molar-refractivity contribution in [1.29, 1.82) is 0 Å². The second-order valence-corrected chi connectivity index (χ2v) is 10.8. The lowest BCUT2D eigenvalue weighted by Crippen LogP contribution is -2.51. The van der Waals surface area contributed by atoms with Crippen molar-refractivity contribution in [3.8, 4) is 0 Å². The topological polar surface area (TPSA) is 125 Å². The van der Waals surface area contributed by atoms with Gasteiger partial charge in [-0.2, -0.15) is 4.72 Å². The summed E-state index contributed by atoms with van der Waals surface area (Å²) < 4.78 is 29.4. The van der Waals surface area contributed by atoms with Crippen LogP contribution in [0.15, 0.2) is 76.8 Å². The molecule has 3 aromatic carbocycles. The van der Waals surface area contributed by atoms with Crippen LogP contribution in [0.2, 0.25) is 0 Å². The number of fused-ring (bicyclic) bond motifs is 1. The monoisotopic (exact) mass is 494 g/mol. The third-order valence-electron chi connectivity index (χ3n) is 6.49. The lowest BCUT2D eigenvalue weighted by molar-refractivity contribution is -0.134. The fourth-order valence-electron chi connectivity index (χ4n) is 4.37. The van der Waals surface area contributed by atoms with Crippen molar-refractivity contribution in [3.05, 3.63) is 77.9 Å². The largest absolute Gasteiger partial charge is 0.409 e. The summed E-state index contributed by atoms with van der Waals surface area (Å²) >= 11 is 0. The first-order chi connectivity index (χ1) is 16.8. The molecule has 35 heavy (non-hydrogen) atoms. The minimum absolute atomic E-state index is 0.0588. The second-order valence-electron chi connectivity index (χ2n) is 9.08. The van der Waals surface area contributed by atoms with E-state index in [0.717, 1.165) is 23.6 Å². The van der Waals surface area contributed by atoms with Gasteiger partial charge in [0.15, 0.2) is 5.84 Å². The van der Waals surface area contributed by atoms with E-state index in [2.05, 4.69) is 16.8 Å². The molecule has 4 rings (SSSR count). The summed E-state index contributed by atoms with van der Waals surface area (Å²) in [6.45, 7) is 3.34. The highest BCUT2D eigenvalue weighted by atomic mass is 32.2. The van der Waals surface area contributed by atoms with Gasteiger partial charge in [0.25, 0.3) is 0 Å². The van der Waals surface area contributed by atoms with Gasteiger partial charge in [-0.15, -0.1) is 0 Å². The zero-order chi connectivity index (χ0) is 25.0. The van der Waals surface area contributed by atoms with E-state index in [0.29, 0.717) is 30.1 Å². The Bertz CT molecular complexity index is 1350. The third-order valence-corrected chi connectivity index (χ3v) is 7.96. The van der Waals surface area contributed by atoms with Crippen molar-refractivity contribution in [2.24, 2.45) is 16.8 Å². The number of benzene rings is 3. The van der Waals surface area contributed by atoms with E-state index in [-0.39, 0.29) is 23.1 Å². The van der Waals surface area contributed by atoms with Crippen molar-refractivity contribution < 1.29 is 18.4 Å². The standard InChI is InChI=1S/C26H30N4O4S/c1-18-11-13-30(14-12-18)26(31)24(16-19-5-4-8-22(15-19)25(27)28-32)29-35(33,34)23-10-9-20-6-2-3-7-21(20)17-23/h2-10,15,17-18,24,29,32H,11-14,16H2,1H3,(H2,27,28). The number of carbonyl (C=O) groups is 1. The Labute approximate surface area is 205 Å². The van der Waals surface area contributed by atoms with Gasteiger partial charge in [0.2, 0.25) is 15.9 Å². The van der Waals surface area contributed by atoms with Gasteiger partial charge in [0.1, 0.15) is 6.04 Å². The lowest BCUT2D eigenvalue weighted by atomic mass is 9.97. The van der Waals surface area contributed by atoms with Gasteiger partial charge in [-0.25, -0.2) is 8.42 Å². The number of likely N-dealkylation sites (tertiary alicyclic amines) is 1. The van der Waals surface area contributed by atoms with Gasteiger partial charge in [0, 0.05) is 18.7 Å². The number of rotatable bonds is 7. The van der Waals surface area contributed by atoms with Crippen molar-refractivity contribution in [2.75, 3.05) is 13.1 Å². The maximum Gasteiger partial charge on any atom is 0.241 e. The minimum atomic E-state index is -3.98. The zero-order valence-electron chi connectivity index (χ0n) is 19.6.